The second-order valence-electron chi connectivity index (χ2n) is 13.9. The Bertz CT molecular complexity index is 2440. The van der Waals surface area contributed by atoms with Crippen molar-refractivity contribution in [3.05, 3.63) is 78.4 Å². The summed E-state index contributed by atoms with van der Waals surface area (Å²) in [5, 5.41) is 13.9. The number of esters is 1. The van der Waals surface area contributed by atoms with Gasteiger partial charge >= 0.3 is 27.3 Å². The average Bonchev–Trinajstić information content (AvgIpc) is 3.92. The highest BCUT2D eigenvalue weighted by Gasteiger charge is 2.50. The molecule has 2 aliphatic rings. The van der Waals surface area contributed by atoms with E-state index in [2.05, 4.69) is 36.4 Å². The van der Waals surface area contributed by atoms with Gasteiger partial charge in [-0.15, -0.1) is 6.58 Å². The number of anilines is 2. The molecule has 5 heterocycles. The first-order chi connectivity index (χ1) is 29.9. The Morgan fingerprint density at radius 1 is 1.02 bits per heavy atom. The quantitative estimate of drug-likeness (QED) is 0.0280. The number of carbonyl (C=O) groups excluding carboxylic acids is 3. The molecule has 28 heteroatoms. The lowest BCUT2D eigenvalue weighted by Gasteiger charge is -2.25. The summed E-state index contributed by atoms with van der Waals surface area (Å²) in [4.78, 5) is 98.3. The van der Waals surface area contributed by atoms with Crippen molar-refractivity contribution in [2.24, 2.45) is 0 Å². The van der Waals surface area contributed by atoms with Gasteiger partial charge in [-0.25, -0.2) is 33.7 Å². The summed E-state index contributed by atoms with van der Waals surface area (Å²) in [6.45, 7) is 1.80. The molecule has 340 valence electrons. The van der Waals surface area contributed by atoms with E-state index < -0.39 is 95.4 Å². The SMILES string of the molecule is C=CCCC(=O)N[C@H](CCC(=O)Sc1ccccc1)C(=O)OC1C(COP(=O)(O)O[C@H]2C[C@H](n3ccc(N)nc3=O)O[C@@H]2COP(=O)(O)O)OC(n2cnc3c(N)ncnc32)C1O. The van der Waals surface area contributed by atoms with Crippen LogP contribution in [0.4, 0.5) is 11.6 Å². The van der Waals surface area contributed by atoms with Gasteiger partial charge in [0, 0.05) is 30.4 Å². The van der Waals surface area contributed by atoms with E-state index in [0.29, 0.717) is 4.90 Å². The van der Waals surface area contributed by atoms with Crippen LogP contribution in [0, 0.1) is 0 Å². The molecule has 2 aliphatic heterocycles. The number of phosphoric ester groups is 2. The van der Waals surface area contributed by atoms with E-state index in [1.165, 1.54) is 29.2 Å². The Hall–Kier alpha value is -4.95. The van der Waals surface area contributed by atoms with Crippen LogP contribution in [0.25, 0.3) is 11.2 Å². The Morgan fingerprint density at radius 2 is 1.76 bits per heavy atom. The van der Waals surface area contributed by atoms with Crippen LogP contribution in [0.1, 0.15) is 44.6 Å². The Balaban J connectivity index is 1.22. The van der Waals surface area contributed by atoms with E-state index in [1.54, 1.807) is 30.3 Å². The van der Waals surface area contributed by atoms with Crippen LogP contribution in [0.3, 0.4) is 0 Å². The number of nitrogens with two attached hydrogens (primary N) is 2. The minimum absolute atomic E-state index is 0.0114. The summed E-state index contributed by atoms with van der Waals surface area (Å²) in [5.74, 6) is -1.79. The maximum Gasteiger partial charge on any atom is 0.472 e. The minimum atomic E-state index is -5.26. The van der Waals surface area contributed by atoms with Crippen LogP contribution < -0.4 is 22.5 Å². The fourth-order valence-corrected chi connectivity index (χ4v) is 8.58. The molecular weight excluding hydrogens is 896 g/mol. The number of imidazole rings is 1. The Kier molecular flexibility index (Phi) is 15.6. The smallest absolute Gasteiger partial charge is 0.455 e. The first-order valence-corrected chi connectivity index (χ1v) is 22.7. The number of nitrogens with one attached hydrogen (secondary N) is 1. The fourth-order valence-electron chi connectivity index (χ4n) is 6.50. The van der Waals surface area contributed by atoms with Gasteiger partial charge in [-0.05, 0) is 31.0 Å². The number of rotatable bonds is 20. The highest BCUT2D eigenvalue weighted by atomic mass is 32.2. The number of aromatic nitrogens is 6. The lowest BCUT2D eigenvalue weighted by molar-refractivity contribution is -0.160. The minimum Gasteiger partial charge on any atom is -0.455 e. The number of aliphatic hydroxyl groups excluding tert-OH is 1. The summed E-state index contributed by atoms with van der Waals surface area (Å²) in [5.41, 5.74) is 10.9. The average molecular weight is 940 g/mol. The third-order valence-electron chi connectivity index (χ3n) is 9.45. The van der Waals surface area contributed by atoms with Gasteiger partial charge in [-0.2, -0.15) is 4.98 Å². The van der Waals surface area contributed by atoms with Crippen molar-refractivity contribution in [3.63, 3.8) is 0 Å². The van der Waals surface area contributed by atoms with Crippen LogP contribution in [-0.2, 0) is 51.3 Å². The van der Waals surface area contributed by atoms with Crippen LogP contribution in [-0.4, -0.2) is 116 Å². The number of nitrogens with zero attached hydrogens (tertiary/aromatic N) is 6. The molecule has 6 rings (SSSR count). The van der Waals surface area contributed by atoms with E-state index in [-0.39, 0.29) is 60.0 Å². The van der Waals surface area contributed by atoms with Gasteiger partial charge in [-0.1, -0.05) is 36.0 Å². The zero-order valence-electron chi connectivity index (χ0n) is 32.9. The number of hydrogen-bond acceptors (Lipinski definition) is 20. The predicted octanol–water partition coefficient (Wildman–Crippen LogP) is 0.867. The second kappa shape index (κ2) is 20.7. The first-order valence-electron chi connectivity index (χ1n) is 18.9. The number of carbonyl (C=O) groups is 3. The van der Waals surface area contributed by atoms with Crippen molar-refractivity contribution in [1.82, 2.24) is 34.4 Å². The highest BCUT2D eigenvalue weighted by molar-refractivity contribution is 8.13. The van der Waals surface area contributed by atoms with Gasteiger partial charge in [0.15, 0.2) is 28.9 Å². The second-order valence-corrected chi connectivity index (χ2v) is 17.7. The van der Waals surface area contributed by atoms with Gasteiger partial charge in [-0.3, -0.25) is 32.3 Å². The van der Waals surface area contributed by atoms with Gasteiger partial charge < -0.3 is 50.8 Å². The summed E-state index contributed by atoms with van der Waals surface area (Å²) in [7, 11) is -10.3. The molecule has 25 nitrogen and oxygen atoms in total. The molecule has 0 aliphatic carbocycles. The van der Waals surface area contributed by atoms with Gasteiger partial charge in [0.2, 0.25) is 5.91 Å². The lowest BCUT2D eigenvalue weighted by atomic mass is 10.1. The number of fused-ring (bicyclic) bond motifs is 1. The van der Waals surface area contributed by atoms with Crippen molar-refractivity contribution in [3.8, 4) is 0 Å². The number of aliphatic hydroxyl groups is 1. The molecule has 2 fully saturated rings. The predicted molar refractivity (Wildman–Crippen MR) is 218 cm³/mol. The van der Waals surface area contributed by atoms with Crippen LogP contribution in [0.5, 0.6) is 0 Å². The van der Waals surface area contributed by atoms with Gasteiger partial charge in [0.1, 0.15) is 54.3 Å². The number of amides is 1. The zero-order chi connectivity index (χ0) is 45.5. The monoisotopic (exact) mass is 939 g/mol. The summed E-state index contributed by atoms with van der Waals surface area (Å²) >= 11 is 0.933. The normalized spacial score (nSPS) is 23.8. The van der Waals surface area contributed by atoms with Gasteiger partial charge in [0.05, 0.1) is 19.5 Å². The van der Waals surface area contributed by atoms with E-state index in [1.807, 2.05) is 0 Å². The maximum absolute atomic E-state index is 13.9. The first kappa shape index (κ1) is 47.5. The number of thioether (sulfide) groups is 1. The molecule has 0 saturated carbocycles. The van der Waals surface area contributed by atoms with E-state index >= 15 is 0 Å². The van der Waals surface area contributed by atoms with Crippen LogP contribution >= 0.6 is 27.4 Å². The molecule has 0 bridgehead atoms. The molecule has 3 aromatic heterocycles. The third-order valence-corrected chi connectivity index (χ3v) is 11.9. The van der Waals surface area contributed by atoms with Crippen LogP contribution in [0.2, 0.25) is 0 Å². The number of nitrogen functional groups attached to an aromatic ring is 2. The van der Waals surface area contributed by atoms with Crippen molar-refractivity contribution < 1.29 is 71.1 Å². The molecule has 9 atom stereocenters. The van der Waals surface area contributed by atoms with E-state index in [9.17, 15) is 48.1 Å². The van der Waals surface area contributed by atoms with Crippen molar-refractivity contribution in [2.75, 3.05) is 24.7 Å². The molecular formula is C35H43N9O16P2S. The molecule has 0 spiro atoms. The summed E-state index contributed by atoms with van der Waals surface area (Å²) in [6, 6.07) is 8.58. The van der Waals surface area contributed by atoms with Crippen molar-refractivity contribution in [1.29, 1.82) is 0 Å². The van der Waals surface area contributed by atoms with Crippen molar-refractivity contribution >= 4 is 67.2 Å². The third kappa shape index (κ3) is 12.6. The van der Waals surface area contributed by atoms with Gasteiger partial charge in [0.25, 0.3) is 0 Å². The largest absolute Gasteiger partial charge is 0.472 e. The number of benzene rings is 1. The fraction of sp³-hybridized carbons (Fsp3) is 0.429. The molecule has 63 heavy (non-hydrogen) atoms. The number of ether oxygens (including phenoxy) is 3. The van der Waals surface area contributed by atoms with E-state index in [4.69, 9.17) is 34.7 Å². The topological polar surface area (TPSA) is 364 Å². The number of hydrogen-bond donors (Lipinski definition) is 7. The number of allylic oxidation sites excluding steroid dienone is 1. The zero-order valence-corrected chi connectivity index (χ0v) is 35.5. The van der Waals surface area contributed by atoms with E-state index in [0.717, 1.165) is 22.7 Å². The number of phosphoric acid groups is 2. The molecule has 1 aromatic carbocycles. The lowest BCUT2D eigenvalue weighted by Crippen LogP contribution is -2.46. The standard InChI is InChI=1S/C35H43N9O16P2S/c1-2-3-9-25(45)41-20(10-11-27(46)63-19-7-5-4-6-8-19)34(48)59-30-23(58-33(29(30)47)44-18-40-28-31(37)38-17-39-32(28)44)16-56-62(53,54)60-21-14-26(43-13-12-24(36)42-35(43)49)57-22(21)15-55-61(50,51)52/h2,4-8,12-13,17-18,20-23,26,29-30,33,47H,1,3,9-11,14-16H2,(H,41,45)(H,53,54)(H2,36,42,49)(H2,37,38,39)(H2,50,51,52)/t20-,21+,22-,23?,26-,29?,30?,33?/m1/s1. The van der Waals surface area contributed by atoms with Crippen LogP contribution in [0.15, 0.2) is 77.6 Å². The Labute approximate surface area is 361 Å². The highest BCUT2D eigenvalue weighted by Crippen LogP contribution is 2.50. The molecule has 5 unspecified atom stereocenters. The van der Waals surface area contributed by atoms with Crippen molar-refractivity contribution in [2.45, 2.75) is 86.0 Å². The molecule has 2 saturated heterocycles. The Morgan fingerprint density at radius 3 is 2.48 bits per heavy atom. The summed E-state index contributed by atoms with van der Waals surface area (Å²) in [6.07, 6.45) is -6.19. The molecule has 1 amide bonds. The molecule has 9 N–H and O–H groups in total. The summed E-state index contributed by atoms with van der Waals surface area (Å²) < 4.78 is 60.1. The maximum atomic E-state index is 13.9. The molecule has 4 aromatic rings. The molecule has 0 radical (unpaired) electrons.